The lowest BCUT2D eigenvalue weighted by Crippen LogP contribution is -2.43. The Hall–Kier alpha value is -2.97. The highest BCUT2D eigenvalue weighted by Gasteiger charge is 2.31. The van der Waals surface area contributed by atoms with Gasteiger partial charge in [-0.1, -0.05) is 28.9 Å². The standard InChI is InChI=1S/C19H18ClN5O3/c1-24-11-14(10-21-24)19-22-18(23-28-19)16-12-27-9-8-25(16)17(26)7-4-13-2-5-15(20)6-3-13/h2-7,10-11,16H,8-9,12H2,1H3/b7-4+. The van der Waals surface area contributed by atoms with Crippen LogP contribution in [-0.4, -0.2) is 50.5 Å². The highest BCUT2D eigenvalue weighted by molar-refractivity contribution is 6.30. The molecule has 1 saturated heterocycles. The maximum absolute atomic E-state index is 12.8. The van der Waals surface area contributed by atoms with Crippen LogP contribution in [0.15, 0.2) is 47.3 Å². The predicted molar refractivity (Wildman–Crippen MR) is 102 cm³/mol. The molecule has 28 heavy (non-hydrogen) atoms. The van der Waals surface area contributed by atoms with E-state index >= 15 is 0 Å². The van der Waals surface area contributed by atoms with Crippen molar-refractivity contribution in [2.24, 2.45) is 7.05 Å². The first kappa shape index (κ1) is 18.4. The summed E-state index contributed by atoms with van der Waals surface area (Å²) in [5, 5.41) is 8.80. The minimum Gasteiger partial charge on any atom is -0.377 e. The van der Waals surface area contributed by atoms with E-state index < -0.39 is 6.04 Å². The Morgan fingerprint density at radius 3 is 2.89 bits per heavy atom. The molecule has 3 heterocycles. The van der Waals surface area contributed by atoms with Crippen LogP contribution in [0.5, 0.6) is 0 Å². The molecule has 1 fully saturated rings. The van der Waals surface area contributed by atoms with Crippen molar-refractivity contribution in [3.63, 3.8) is 0 Å². The molecule has 1 aliphatic heterocycles. The molecule has 0 saturated carbocycles. The number of morpholine rings is 1. The lowest BCUT2D eigenvalue weighted by atomic mass is 10.2. The number of rotatable bonds is 4. The van der Waals surface area contributed by atoms with Gasteiger partial charge in [0.1, 0.15) is 6.04 Å². The summed E-state index contributed by atoms with van der Waals surface area (Å²) in [6.07, 6.45) is 6.71. The Balaban J connectivity index is 1.52. The zero-order chi connectivity index (χ0) is 19.5. The van der Waals surface area contributed by atoms with Crippen LogP contribution in [0, 0.1) is 0 Å². The van der Waals surface area contributed by atoms with Gasteiger partial charge in [-0.3, -0.25) is 9.48 Å². The van der Waals surface area contributed by atoms with E-state index in [9.17, 15) is 4.79 Å². The minimum atomic E-state index is -0.412. The number of hydrogen-bond donors (Lipinski definition) is 0. The molecule has 0 bridgehead atoms. The van der Waals surface area contributed by atoms with Gasteiger partial charge >= 0.3 is 0 Å². The summed E-state index contributed by atoms with van der Waals surface area (Å²) in [4.78, 5) is 18.9. The average Bonchev–Trinajstić information content (AvgIpc) is 3.36. The summed E-state index contributed by atoms with van der Waals surface area (Å²) in [5.41, 5.74) is 1.61. The SMILES string of the molecule is Cn1cc(-c2nc(C3COCCN3C(=O)/C=C/c3ccc(Cl)cc3)no2)cn1. The van der Waals surface area contributed by atoms with Crippen molar-refractivity contribution in [1.29, 1.82) is 0 Å². The van der Waals surface area contributed by atoms with Gasteiger partial charge in [0.05, 0.1) is 25.0 Å². The number of hydrogen-bond acceptors (Lipinski definition) is 6. The number of carbonyl (C=O) groups excluding carboxylic acids is 1. The van der Waals surface area contributed by atoms with Crippen molar-refractivity contribution in [3.05, 3.63) is 59.1 Å². The molecule has 4 rings (SSSR count). The zero-order valence-electron chi connectivity index (χ0n) is 15.2. The van der Waals surface area contributed by atoms with Gasteiger partial charge < -0.3 is 14.2 Å². The van der Waals surface area contributed by atoms with Crippen molar-refractivity contribution < 1.29 is 14.1 Å². The molecule has 0 N–H and O–H groups in total. The van der Waals surface area contributed by atoms with E-state index in [1.54, 1.807) is 40.2 Å². The first-order valence-electron chi connectivity index (χ1n) is 8.75. The van der Waals surface area contributed by atoms with Crippen LogP contribution in [0.2, 0.25) is 5.02 Å². The molecule has 1 aliphatic rings. The Kier molecular flexibility index (Phi) is 5.23. The number of aryl methyl sites for hydroxylation is 1. The summed E-state index contributed by atoms with van der Waals surface area (Å²) >= 11 is 5.89. The van der Waals surface area contributed by atoms with Gasteiger partial charge in [0.2, 0.25) is 5.91 Å². The second-order valence-corrected chi connectivity index (χ2v) is 6.80. The van der Waals surface area contributed by atoms with E-state index in [1.807, 2.05) is 19.2 Å². The smallest absolute Gasteiger partial charge is 0.261 e. The summed E-state index contributed by atoms with van der Waals surface area (Å²) in [7, 11) is 1.81. The summed E-state index contributed by atoms with van der Waals surface area (Å²) in [6, 6.07) is 6.85. The maximum atomic E-state index is 12.8. The third kappa shape index (κ3) is 3.97. The van der Waals surface area contributed by atoms with E-state index in [0.29, 0.717) is 36.5 Å². The van der Waals surface area contributed by atoms with Gasteiger partial charge in [-0.15, -0.1) is 0 Å². The van der Waals surface area contributed by atoms with Crippen molar-refractivity contribution >= 4 is 23.6 Å². The third-order valence-corrected chi connectivity index (χ3v) is 4.64. The lowest BCUT2D eigenvalue weighted by molar-refractivity contribution is -0.135. The molecule has 8 nitrogen and oxygen atoms in total. The molecule has 0 radical (unpaired) electrons. The van der Waals surface area contributed by atoms with Crippen LogP contribution >= 0.6 is 11.6 Å². The Morgan fingerprint density at radius 2 is 2.14 bits per heavy atom. The van der Waals surface area contributed by atoms with E-state index in [1.165, 1.54) is 6.08 Å². The molecule has 1 unspecified atom stereocenters. The van der Waals surface area contributed by atoms with Crippen LogP contribution in [-0.2, 0) is 16.6 Å². The van der Waals surface area contributed by atoms with Gasteiger partial charge in [-0.25, -0.2) is 0 Å². The fraction of sp³-hybridized carbons (Fsp3) is 0.263. The number of amides is 1. The van der Waals surface area contributed by atoms with Gasteiger partial charge in [-0.2, -0.15) is 10.1 Å². The van der Waals surface area contributed by atoms with Gasteiger partial charge in [0.25, 0.3) is 5.89 Å². The van der Waals surface area contributed by atoms with Crippen LogP contribution in [0.1, 0.15) is 17.4 Å². The molecular weight excluding hydrogens is 382 g/mol. The predicted octanol–water partition coefficient (Wildman–Crippen LogP) is 2.74. The number of ether oxygens (including phenoxy) is 1. The zero-order valence-corrected chi connectivity index (χ0v) is 15.9. The van der Waals surface area contributed by atoms with Crippen LogP contribution in [0.3, 0.4) is 0 Å². The molecule has 1 amide bonds. The Morgan fingerprint density at radius 1 is 1.32 bits per heavy atom. The van der Waals surface area contributed by atoms with Gasteiger partial charge in [-0.05, 0) is 23.8 Å². The van der Waals surface area contributed by atoms with Crippen molar-refractivity contribution in [1.82, 2.24) is 24.8 Å². The second kappa shape index (κ2) is 7.95. The number of halogens is 1. The molecule has 9 heteroatoms. The quantitative estimate of drug-likeness (QED) is 0.627. The first-order chi connectivity index (χ1) is 13.6. The number of aromatic nitrogens is 4. The average molecular weight is 400 g/mol. The van der Waals surface area contributed by atoms with Crippen molar-refractivity contribution in [2.75, 3.05) is 19.8 Å². The van der Waals surface area contributed by atoms with Gasteiger partial charge in [0.15, 0.2) is 5.82 Å². The van der Waals surface area contributed by atoms with E-state index in [2.05, 4.69) is 15.2 Å². The fourth-order valence-electron chi connectivity index (χ4n) is 2.94. The molecule has 3 aromatic rings. The summed E-state index contributed by atoms with van der Waals surface area (Å²) in [6.45, 7) is 1.22. The topological polar surface area (TPSA) is 86.3 Å². The normalized spacial score (nSPS) is 17.4. The summed E-state index contributed by atoms with van der Waals surface area (Å²) < 4.78 is 12.5. The second-order valence-electron chi connectivity index (χ2n) is 6.37. The van der Waals surface area contributed by atoms with Crippen LogP contribution < -0.4 is 0 Å². The van der Waals surface area contributed by atoms with Crippen molar-refractivity contribution in [3.8, 4) is 11.5 Å². The maximum Gasteiger partial charge on any atom is 0.261 e. The highest BCUT2D eigenvalue weighted by Crippen LogP contribution is 2.25. The molecule has 0 aliphatic carbocycles. The van der Waals surface area contributed by atoms with E-state index in [-0.39, 0.29) is 5.91 Å². The van der Waals surface area contributed by atoms with Gasteiger partial charge in [0, 0.05) is 30.9 Å². The number of nitrogens with zero attached hydrogens (tertiary/aromatic N) is 5. The minimum absolute atomic E-state index is 0.143. The molecule has 1 atom stereocenters. The molecule has 1 aromatic carbocycles. The Bertz CT molecular complexity index is 995. The summed E-state index contributed by atoms with van der Waals surface area (Å²) in [5.74, 6) is 0.626. The largest absolute Gasteiger partial charge is 0.377 e. The van der Waals surface area contributed by atoms with E-state index in [0.717, 1.165) is 11.1 Å². The third-order valence-electron chi connectivity index (χ3n) is 4.39. The molecule has 2 aromatic heterocycles. The number of benzene rings is 1. The molecule has 0 spiro atoms. The monoisotopic (exact) mass is 399 g/mol. The lowest BCUT2D eigenvalue weighted by Gasteiger charge is -2.32. The van der Waals surface area contributed by atoms with Crippen molar-refractivity contribution in [2.45, 2.75) is 6.04 Å². The molecular formula is C19H18ClN5O3. The van der Waals surface area contributed by atoms with Crippen LogP contribution in [0.25, 0.3) is 17.5 Å². The fourth-order valence-corrected chi connectivity index (χ4v) is 3.06. The first-order valence-corrected chi connectivity index (χ1v) is 9.12. The van der Waals surface area contributed by atoms with Crippen LogP contribution in [0.4, 0.5) is 0 Å². The molecule has 144 valence electrons. The Labute approximate surface area is 166 Å². The highest BCUT2D eigenvalue weighted by atomic mass is 35.5. The van der Waals surface area contributed by atoms with E-state index in [4.69, 9.17) is 20.9 Å². The number of carbonyl (C=O) groups is 1.